The van der Waals surface area contributed by atoms with E-state index >= 15 is 0 Å². The highest BCUT2D eigenvalue weighted by molar-refractivity contribution is 6.30. The van der Waals surface area contributed by atoms with Gasteiger partial charge in [-0.05, 0) is 42.1 Å². The third kappa shape index (κ3) is 2.65. The minimum absolute atomic E-state index is 0.115. The monoisotopic (exact) mass is 338 g/mol. The van der Waals surface area contributed by atoms with Crippen molar-refractivity contribution in [1.82, 2.24) is 10.3 Å². The summed E-state index contributed by atoms with van der Waals surface area (Å²) in [4.78, 5) is 26.6. The van der Waals surface area contributed by atoms with E-state index in [1.165, 1.54) is 18.7 Å². The number of halogens is 1. The van der Waals surface area contributed by atoms with Crippen molar-refractivity contribution in [2.45, 2.75) is 46.1 Å². The molecule has 0 aromatic carbocycles. The van der Waals surface area contributed by atoms with E-state index in [-0.39, 0.29) is 35.1 Å². The van der Waals surface area contributed by atoms with Crippen LogP contribution in [0.15, 0.2) is 12.3 Å². The number of fused-ring (bicyclic) bond motifs is 2. The molecule has 0 saturated heterocycles. The number of amides is 1. The molecular formula is C17H23ClN2O3. The zero-order valence-electron chi connectivity index (χ0n) is 13.7. The second kappa shape index (κ2) is 5.55. The molecule has 1 aromatic heterocycles. The number of aromatic nitrogens is 1. The van der Waals surface area contributed by atoms with Crippen LogP contribution in [-0.2, 0) is 9.53 Å². The lowest BCUT2D eigenvalue weighted by Crippen LogP contribution is -2.48. The molecule has 0 radical (unpaired) electrons. The fourth-order valence-electron chi connectivity index (χ4n) is 4.35. The summed E-state index contributed by atoms with van der Waals surface area (Å²) in [6, 6.07) is 1.63. The molecule has 2 aliphatic rings. The first kappa shape index (κ1) is 16.4. The molecule has 2 N–H and O–H groups in total. The van der Waals surface area contributed by atoms with Gasteiger partial charge in [-0.25, -0.2) is 4.79 Å². The van der Waals surface area contributed by atoms with Crippen LogP contribution in [-0.4, -0.2) is 29.5 Å². The Morgan fingerprint density at radius 2 is 2.17 bits per heavy atom. The molecule has 2 bridgehead atoms. The van der Waals surface area contributed by atoms with Gasteiger partial charge in [0.15, 0.2) is 6.61 Å². The van der Waals surface area contributed by atoms with Crippen LogP contribution < -0.4 is 5.32 Å². The average molecular weight is 339 g/mol. The van der Waals surface area contributed by atoms with Crippen LogP contribution in [0.5, 0.6) is 0 Å². The lowest BCUT2D eigenvalue weighted by Gasteiger charge is -2.39. The number of esters is 1. The molecule has 2 fully saturated rings. The largest absolute Gasteiger partial charge is 0.451 e. The van der Waals surface area contributed by atoms with Gasteiger partial charge in [-0.1, -0.05) is 32.4 Å². The van der Waals surface area contributed by atoms with Crippen molar-refractivity contribution in [3.63, 3.8) is 0 Å². The lowest BCUT2D eigenvalue weighted by molar-refractivity contribution is -0.126. The summed E-state index contributed by atoms with van der Waals surface area (Å²) in [6.45, 7) is 6.59. The number of H-pyrrole nitrogens is 1. The normalized spacial score (nSPS) is 31.1. The molecular weight excluding hydrogens is 316 g/mol. The van der Waals surface area contributed by atoms with E-state index in [2.05, 4.69) is 31.1 Å². The van der Waals surface area contributed by atoms with Gasteiger partial charge in [0, 0.05) is 12.2 Å². The summed E-state index contributed by atoms with van der Waals surface area (Å²) in [5.41, 5.74) is 0.600. The fraction of sp³-hybridized carbons (Fsp3) is 0.647. The molecule has 3 unspecified atom stereocenters. The van der Waals surface area contributed by atoms with Crippen LogP contribution in [0.25, 0.3) is 0 Å². The molecule has 126 valence electrons. The van der Waals surface area contributed by atoms with Crippen LogP contribution >= 0.6 is 11.6 Å². The van der Waals surface area contributed by atoms with Gasteiger partial charge in [0.1, 0.15) is 5.69 Å². The summed E-state index contributed by atoms with van der Waals surface area (Å²) in [5, 5.41) is 3.50. The molecule has 0 aliphatic heterocycles. The molecule has 1 aromatic rings. The highest BCUT2D eigenvalue weighted by atomic mass is 35.5. The van der Waals surface area contributed by atoms with Gasteiger partial charge in [0.05, 0.1) is 5.02 Å². The quantitative estimate of drug-likeness (QED) is 0.828. The number of ether oxygens (including phenoxy) is 1. The summed E-state index contributed by atoms with van der Waals surface area (Å²) >= 11 is 5.74. The summed E-state index contributed by atoms with van der Waals surface area (Å²) < 4.78 is 5.04. The van der Waals surface area contributed by atoms with Crippen LogP contribution in [0.4, 0.5) is 0 Å². The molecule has 1 heterocycles. The molecule has 3 rings (SSSR count). The number of hydrogen-bond acceptors (Lipinski definition) is 3. The second-order valence-electron chi connectivity index (χ2n) is 7.54. The van der Waals surface area contributed by atoms with E-state index in [0.29, 0.717) is 10.9 Å². The lowest BCUT2D eigenvalue weighted by atomic mass is 9.69. The number of nitrogens with one attached hydrogen (secondary N) is 2. The van der Waals surface area contributed by atoms with Crippen LogP contribution in [0.1, 0.15) is 50.5 Å². The highest BCUT2D eigenvalue weighted by Gasteiger charge is 2.61. The smallest absolute Gasteiger partial charge is 0.355 e. The number of hydrogen-bond donors (Lipinski definition) is 2. The Balaban J connectivity index is 1.54. The van der Waals surface area contributed by atoms with Gasteiger partial charge >= 0.3 is 5.97 Å². The van der Waals surface area contributed by atoms with E-state index in [9.17, 15) is 9.59 Å². The maximum Gasteiger partial charge on any atom is 0.355 e. The van der Waals surface area contributed by atoms with E-state index in [0.717, 1.165) is 12.8 Å². The van der Waals surface area contributed by atoms with Crippen molar-refractivity contribution >= 4 is 23.5 Å². The van der Waals surface area contributed by atoms with Crippen molar-refractivity contribution in [3.05, 3.63) is 23.0 Å². The highest BCUT2D eigenvalue weighted by Crippen LogP contribution is 2.65. The third-order valence-electron chi connectivity index (χ3n) is 6.33. The summed E-state index contributed by atoms with van der Waals surface area (Å²) in [7, 11) is 0. The Kier molecular flexibility index (Phi) is 3.95. The van der Waals surface area contributed by atoms with Crippen molar-refractivity contribution in [1.29, 1.82) is 0 Å². The minimum Gasteiger partial charge on any atom is -0.451 e. The van der Waals surface area contributed by atoms with Crippen LogP contribution in [0.3, 0.4) is 0 Å². The standard InChI is InChI=1S/C17H23ClN2O3/c1-16(2)10-4-5-17(16,3)13(6-10)20-14(21)9-23-15(22)12-7-11(18)8-19-12/h7-8,10,13,19H,4-6,9H2,1-3H3,(H,20,21). The predicted octanol–water partition coefficient (Wildman–Crippen LogP) is 3.16. The Morgan fingerprint density at radius 1 is 1.43 bits per heavy atom. The molecule has 2 saturated carbocycles. The Bertz CT molecular complexity index is 640. The maximum atomic E-state index is 12.1. The average Bonchev–Trinajstić information content (AvgIpc) is 3.06. The summed E-state index contributed by atoms with van der Waals surface area (Å²) in [6.07, 6.45) is 4.88. The topological polar surface area (TPSA) is 71.2 Å². The maximum absolute atomic E-state index is 12.1. The number of carbonyl (C=O) groups excluding carboxylic acids is 2. The predicted molar refractivity (Wildman–Crippen MR) is 87.2 cm³/mol. The summed E-state index contributed by atoms with van der Waals surface area (Å²) in [5.74, 6) is -0.168. The van der Waals surface area contributed by atoms with Gasteiger partial charge in [0.25, 0.3) is 5.91 Å². The molecule has 3 atom stereocenters. The SMILES string of the molecule is CC1(C)C2CCC1(C)C(NC(=O)COC(=O)c1cc(Cl)c[nH]1)C2. The first-order valence-electron chi connectivity index (χ1n) is 8.04. The number of carbonyl (C=O) groups is 2. The Hall–Kier alpha value is -1.49. The van der Waals surface area contributed by atoms with E-state index in [4.69, 9.17) is 16.3 Å². The van der Waals surface area contributed by atoms with Gasteiger partial charge in [-0.3, -0.25) is 4.79 Å². The molecule has 2 aliphatic carbocycles. The van der Waals surface area contributed by atoms with Gasteiger partial charge < -0.3 is 15.0 Å². The number of aromatic amines is 1. The fourth-order valence-corrected chi connectivity index (χ4v) is 4.52. The molecule has 0 spiro atoms. The molecule has 23 heavy (non-hydrogen) atoms. The third-order valence-corrected chi connectivity index (χ3v) is 6.55. The molecule has 5 nitrogen and oxygen atoms in total. The Labute approximate surface area is 141 Å². The van der Waals surface area contributed by atoms with Crippen molar-refractivity contribution < 1.29 is 14.3 Å². The van der Waals surface area contributed by atoms with E-state index in [1.807, 2.05) is 0 Å². The van der Waals surface area contributed by atoms with Crippen LogP contribution in [0.2, 0.25) is 5.02 Å². The van der Waals surface area contributed by atoms with Gasteiger partial charge in [-0.15, -0.1) is 0 Å². The first-order chi connectivity index (χ1) is 10.7. The van der Waals surface area contributed by atoms with Crippen molar-refractivity contribution in [3.8, 4) is 0 Å². The van der Waals surface area contributed by atoms with Gasteiger partial charge in [-0.2, -0.15) is 0 Å². The van der Waals surface area contributed by atoms with Gasteiger partial charge in [0.2, 0.25) is 0 Å². The minimum atomic E-state index is -0.577. The Morgan fingerprint density at radius 3 is 2.70 bits per heavy atom. The van der Waals surface area contributed by atoms with Crippen molar-refractivity contribution in [2.24, 2.45) is 16.7 Å². The number of rotatable bonds is 4. The van der Waals surface area contributed by atoms with E-state index in [1.54, 1.807) is 0 Å². The molecule has 1 amide bonds. The van der Waals surface area contributed by atoms with Crippen LogP contribution in [0, 0.1) is 16.7 Å². The zero-order valence-corrected chi connectivity index (χ0v) is 14.5. The first-order valence-corrected chi connectivity index (χ1v) is 8.42. The van der Waals surface area contributed by atoms with E-state index < -0.39 is 5.97 Å². The zero-order chi connectivity index (χ0) is 16.8. The second-order valence-corrected chi connectivity index (χ2v) is 7.97. The van der Waals surface area contributed by atoms with Crippen molar-refractivity contribution in [2.75, 3.05) is 6.61 Å². The molecule has 6 heteroatoms.